The van der Waals surface area contributed by atoms with Gasteiger partial charge < -0.3 is 9.64 Å². The lowest BCUT2D eigenvalue weighted by molar-refractivity contribution is -0.112. The van der Waals surface area contributed by atoms with Crippen LogP contribution in [-0.2, 0) is 4.79 Å². The number of rotatable bonds is 2. The van der Waals surface area contributed by atoms with Crippen molar-refractivity contribution in [2.24, 2.45) is 0 Å². The maximum absolute atomic E-state index is 12.2. The third-order valence-electron chi connectivity index (χ3n) is 3.14. The summed E-state index contributed by atoms with van der Waals surface area (Å²) < 4.78 is 5.60. The van der Waals surface area contributed by atoms with Crippen molar-refractivity contribution in [2.45, 2.75) is 6.04 Å². The summed E-state index contributed by atoms with van der Waals surface area (Å²) in [5.74, 6) is 0.696. The van der Waals surface area contributed by atoms with E-state index in [-0.39, 0.29) is 18.6 Å². The highest BCUT2D eigenvalue weighted by molar-refractivity contribution is 6.64. The van der Waals surface area contributed by atoms with Crippen LogP contribution in [0.3, 0.4) is 0 Å². The number of nitrogens with zero attached hydrogens (tertiary/aromatic N) is 2. The molecule has 18 heavy (non-hydrogen) atoms. The second kappa shape index (κ2) is 4.17. The van der Waals surface area contributed by atoms with Crippen LogP contribution in [0.15, 0.2) is 24.3 Å². The van der Waals surface area contributed by atoms with Crippen LogP contribution in [-0.4, -0.2) is 41.9 Å². The van der Waals surface area contributed by atoms with Gasteiger partial charge in [-0.2, -0.15) is 0 Å². The molecule has 1 fully saturated rings. The number of ether oxygens (including phenoxy) is 1. The molecular formula is C12H11ClN2O3. The monoisotopic (exact) mass is 266 g/mol. The Labute approximate surface area is 109 Å². The first kappa shape index (κ1) is 11.3. The zero-order chi connectivity index (χ0) is 12.7. The molecule has 0 aliphatic carbocycles. The summed E-state index contributed by atoms with van der Waals surface area (Å²) in [6.45, 7) is 0.844. The number of urea groups is 1. The molecule has 3 rings (SSSR count). The number of amides is 2. The molecule has 0 bridgehead atoms. The first-order valence-electron chi connectivity index (χ1n) is 5.65. The van der Waals surface area contributed by atoms with Crippen LogP contribution in [0.2, 0.25) is 0 Å². The van der Waals surface area contributed by atoms with Gasteiger partial charge in [-0.3, -0.25) is 9.69 Å². The maximum Gasteiger partial charge on any atom is 0.325 e. The highest BCUT2D eigenvalue weighted by Gasteiger charge is 2.42. The number of hydrogen-bond donors (Lipinski definition) is 0. The van der Waals surface area contributed by atoms with E-state index in [9.17, 15) is 9.59 Å². The topological polar surface area (TPSA) is 49.9 Å². The second-order valence-electron chi connectivity index (χ2n) is 4.32. The van der Waals surface area contributed by atoms with Gasteiger partial charge in [0.05, 0.1) is 18.3 Å². The van der Waals surface area contributed by atoms with Crippen molar-refractivity contribution < 1.29 is 14.3 Å². The third kappa shape index (κ3) is 1.71. The van der Waals surface area contributed by atoms with Crippen LogP contribution >= 0.6 is 11.6 Å². The van der Waals surface area contributed by atoms with Crippen molar-refractivity contribution in [1.29, 1.82) is 0 Å². The van der Waals surface area contributed by atoms with Crippen LogP contribution < -0.4 is 9.64 Å². The summed E-state index contributed by atoms with van der Waals surface area (Å²) in [6.07, 6.45) is 0. The molecule has 1 aromatic rings. The fourth-order valence-electron chi connectivity index (χ4n) is 2.40. The largest absolute Gasteiger partial charge is 0.489 e. The number of fused-ring (bicyclic) bond motifs is 3. The predicted octanol–water partition coefficient (Wildman–Crippen LogP) is 1.46. The van der Waals surface area contributed by atoms with Crippen LogP contribution in [0.1, 0.15) is 0 Å². The maximum atomic E-state index is 12.2. The van der Waals surface area contributed by atoms with E-state index < -0.39 is 5.24 Å². The number of para-hydroxylation sites is 2. The molecule has 94 valence electrons. The van der Waals surface area contributed by atoms with Crippen LogP contribution in [0.25, 0.3) is 0 Å². The molecule has 1 aromatic carbocycles. The lowest BCUT2D eigenvalue weighted by Gasteiger charge is -2.30. The smallest absolute Gasteiger partial charge is 0.325 e. The number of anilines is 1. The van der Waals surface area contributed by atoms with Crippen molar-refractivity contribution in [2.75, 3.05) is 24.6 Å². The molecule has 2 aliphatic rings. The van der Waals surface area contributed by atoms with E-state index >= 15 is 0 Å². The highest BCUT2D eigenvalue weighted by atomic mass is 35.5. The van der Waals surface area contributed by atoms with Gasteiger partial charge in [-0.05, 0) is 23.7 Å². The number of halogens is 1. The molecule has 1 saturated heterocycles. The Morgan fingerprint density at radius 3 is 3.00 bits per heavy atom. The van der Waals surface area contributed by atoms with Gasteiger partial charge in [0, 0.05) is 6.54 Å². The standard InChI is InChI=1S/C12H11ClN2O3/c13-11(16)6-14-5-8-7-18-10-4-2-1-3-9(10)15(8)12(14)17/h1-4,8H,5-7H2. The number of hydrogen-bond acceptors (Lipinski definition) is 3. The van der Waals surface area contributed by atoms with E-state index in [2.05, 4.69) is 0 Å². The van der Waals surface area contributed by atoms with Gasteiger partial charge in [-0.15, -0.1) is 0 Å². The summed E-state index contributed by atoms with van der Waals surface area (Å²) in [5, 5.41) is -0.530. The summed E-state index contributed by atoms with van der Waals surface area (Å²) in [5.41, 5.74) is 0.753. The van der Waals surface area contributed by atoms with Gasteiger partial charge in [0.15, 0.2) is 0 Å². The van der Waals surface area contributed by atoms with Crippen molar-refractivity contribution in [3.8, 4) is 5.75 Å². The summed E-state index contributed by atoms with van der Waals surface area (Å²) >= 11 is 5.34. The average Bonchev–Trinajstić information content (AvgIpc) is 2.66. The van der Waals surface area contributed by atoms with E-state index in [0.29, 0.717) is 18.9 Å². The summed E-state index contributed by atoms with van der Waals surface area (Å²) in [6, 6.07) is 7.14. The van der Waals surface area contributed by atoms with Crippen molar-refractivity contribution in [3.05, 3.63) is 24.3 Å². The van der Waals surface area contributed by atoms with Gasteiger partial charge in [0.2, 0.25) is 5.24 Å². The van der Waals surface area contributed by atoms with Crippen molar-refractivity contribution in [3.63, 3.8) is 0 Å². The molecule has 6 heteroatoms. The van der Waals surface area contributed by atoms with Gasteiger partial charge in [0.25, 0.3) is 0 Å². The minimum absolute atomic E-state index is 0.0524. The molecule has 2 aliphatic heterocycles. The quantitative estimate of drug-likeness (QED) is 0.762. The Balaban J connectivity index is 1.92. The minimum Gasteiger partial charge on any atom is -0.489 e. The highest BCUT2D eigenvalue weighted by Crippen LogP contribution is 2.36. The molecule has 0 N–H and O–H groups in total. The van der Waals surface area contributed by atoms with Crippen LogP contribution in [0.4, 0.5) is 10.5 Å². The molecule has 0 spiro atoms. The summed E-state index contributed by atoms with van der Waals surface area (Å²) in [7, 11) is 0. The lowest BCUT2D eigenvalue weighted by atomic mass is 10.2. The van der Waals surface area contributed by atoms with Gasteiger partial charge in [-0.25, -0.2) is 4.79 Å². The Kier molecular flexibility index (Phi) is 2.63. The van der Waals surface area contributed by atoms with Crippen molar-refractivity contribution >= 4 is 28.6 Å². The first-order chi connectivity index (χ1) is 8.66. The van der Waals surface area contributed by atoms with E-state index in [1.54, 1.807) is 4.90 Å². The summed E-state index contributed by atoms with van der Waals surface area (Å²) in [4.78, 5) is 26.3. The van der Waals surface area contributed by atoms with Crippen molar-refractivity contribution in [1.82, 2.24) is 4.90 Å². The number of benzene rings is 1. The fraction of sp³-hybridized carbons (Fsp3) is 0.333. The van der Waals surface area contributed by atoms with E-state index in [0.717, 1.165) is 5.69 Å². The molecule has 0 aromatic heterocycles. The SMILES string of the molecule is O=C(Cl)CN1CC2COc3ccccc3N2C1=O. The third-order valence-corrected chi connectivity index (χ3v) is 3.26. The first-order valence-corrected chi connectivity index (χ1v) is 6.03. The Bertz CT molecular complexity index is 520. The molecule has 1 unspecified atom stereocenters. The predicted molar refractivity (Wildman–Crippen MR) is 66.0 cm³/mol. The van der Waals surface area contributed by atoms with E-state index in [1.807, 2.05) is 24.3 Å². The molecule has 2 heterocycles. The Hall–Kier alpha value is -1.75. The molecule has 1 atom stereocenters. The van der Waals surface area contributed by atoms with E-state index in [4.69, 9.17) is 16.3 Å². The van der Waals surface area contributed by atoms with E-state index in [1.165, 1.54) is 4.90 Å². The molecule has 2 amide bonds. The molecule has 0 radical (unpaired) electrons. The zero-order valence-corrected chi connectivity index (χ0v) is 10.3. The molecular weight excluding hydrogens is 256 g/mol. The number of carbonyl (C=O) groups excluding carboxylic acids is 2. The Morgan fingerprint density at radius 1 is 1.44 bits per heavy atom. The molecule has 0 saturated carbocycles. The lowest BCUT2D eigenvalue weighted by Crippen LogP contribution is -2.41. The fourth-order valence-corrected chi connectivity index (χ4v) is 2.54. The number of carbonyl (C=O) groups is 2. The molecule has 5 nitrogen and oxygen atoms in total. The Morgan fingerprint density at radius 2 is 2.22 bits per heavy atom. The normalized spacial score (nSPS) is 21.4. The second-order valence-corrected chi connectivity index (χ2v) is 4.74. The van der Waals surface area contributed by atoms with Crippen LogP contribution in [0, 0.1) is 0 Å². The van der Waals surface area contributed by atoms with Crippen LogP contribution in [0.5, 0.6) is 5.75 Å². The average molecular weight is 267 g/mol. The minimum atomic E-state index is -0.530. The van der Waals surface area contributed by atoms with Gasteiger partial charge in [0.1, 0.15) is 12.4 Å². The zero-order valence-electron chi connectivity index (χ0n) is 9.51. The van der Waals surface area contributed by atoms with Gasteiger partial charge in [-0.1, -0.05) is 12.1 Å². The van der Waals surface area contributed by atoms with Gasteiger partial charge >= 0.3 is 6.03 Å².